The fourth-order valence-electron chi connectivity index (χ4n) is 2.21. The number of aryl methyl sites for hydroxylation is 1. The number of thiazole rings is 1. The number of ether oxygens (including phenoxy) is 2. The van der Waals surface area contributed by atoms with Gasteiger partial charge in [0.05, 0.1) is 18.9 Å². The molecule has 0 aliphatic rings. The summed E-state index contributed by atoms with van der Waals surface area (Å²) in [5.41, 5.74) is 1.55. The lowest BCUT2D eigenvalue weighted by Crippen LogP contribution is -2.30. The number of rotatable bonds is 9. The molecule has 26 heavy (non-hydrogen) atoms. The first-order valence-corrected chi connectivity index (χ1v) is 9.51. The molecule has 0 saturated carbocycles. The molecule has 0 radical (unpaired) electrons. The van der Waals surface area contributed by atoms with Gasteiger partial charge in [-0.05, 0) is 44.5 Å². The molecular formula is C19H24N2O4S. The number of carbonyl (C=O) groups is 2. The van der Waals surface area contributed by atoms with Crippen molar-refractivity contribution < 1.29 is 19.1 Å². The van der Waals surface area contributed by atoms with Gasteiger partial charge < -0.3 is 14.8 Å². The van der Waals surface area contributed by atoms with E-state index in [2.05, 4.69) is 10.3 Å². The maximum atomic E-state index is 12.3. The highest BCUT2D eigenvalue weighted by atomic mass is 32.1. The summed E-state index contributed by atoms with van der Waals surface area (Å²) in [7, 11) is 0. The summed E-state index contributed by atoms with van der Waals surface area (Å²) in [5.74, 6) is 0.0504. The fraction of sp³-hybridized carbons (Fsp3) is 0.421. The summed E-state index contributed by atoms with van der Waals surface area (Å²) in [6.45, 7) is 6.58. The Morgan fingerprint density at radius 3 is 2.58 bits per heavy atom. The standard InChI is InChI=1S/C19H24N2O4S/c1-4-6-11-25-16(22)12-20-18(23)17-13(3)21-19(26-17)14-7-9-15(10-8-14)24-5-2/h7-10H,4-6,11-12H2,1-3H3,(H,20,23). The topological polar surface area (TPSA) is 77.5 Å². The first-order valence-electron chi connectivity index (χ1n) is 8.69. The van der Waals surface area contributed by atoms with Crippen LogP contribution in [0.5, 0.6) is 5.75 Å². The van der Waals surface area contributed by atoms with E-state index >= 15 is 0 Å². The molecule has 2 rings (SSSR count). The highest BCUT2D eigenvalue weighted by molar-refractivity contribution is 7.17. The molecule has 140 valence electrons. The fourth-order valence-corrected chi connectivity index (χ4v) is 3.19. The largest absolute Gasteiger partial charge is 0.494 e. The Hall–Kier alpha value is -2.41. The second-order valence-corrected chi connectivity index (χ2v) is 6.65. The summed E-state index contributed by atoms with van der Waals surface area (Å²) < 4.78 is 10.5. The summed E-state index contributed by atoms with van der Waals surface area (Å²) in [4.78, 5) is 28.9. The van der Waals surface area contributed by atoms with Gasteiger partial charge in [-0.1, -0.05) is 13.3 Å². The third kappa shape index (κ3) is 5.56. The van der Waals surface area contributed by atoms with E-state index in [9.17, 15) is 9.59 Å². The zero-order valence-corrected chi connectivity index (χ0v) is 16.1. The van der Waals surface area contributed by atoms with Gasteiger partial charge in [-0.3, -0.25) is 9.59 Å². The molecule has 0 fully saturated rings. The molecule has 0 unspecified atom stereocenters. The van der Waals surface area contributed by atoms with E-state index in [1.807, 2.05) is 38.1 Å². The zero-order chi connectivity index (χ0) is 18.9. The van der Waals surface area contributed by atoms with E-state index in [0.29, 0.717) is 23.8 Å². The number of nitrogens with one attached hydrogen (secondary N) is 1. The number of unbranched alkanes of at least 4 members (excludes halogenated alkanes) is 1. The molecule has 0 bridgehead atoms. The van der Waals surface area contributed by atoms with Crippen LogP contribution in [0.1, 0.15) is 42.1 Å². The van der Waals surface area contributed by atoms with Crippen LogP contribution in [0, 0.1) is 6.92 Å². The Kier molecular flexibility index (Phi) is 7.59. The molecule has 1 N–H and O–H groups in total. The average molecular weight is 376 g/mol. The molecule has 1 amide bonds. The molecule has 0 saturated heterocycles. The number of hydrogen-bond acceptors (Lipinski definition) is 6. The van der Waals surface area contributed by atoms with Crippen molar-refractivity contribution in [3.8, 4) is 16.3 Å². The molecular weight excluding hydrogens is 352 g/mol. The molecule has 6 nitrogen and oxygen atoms in total. The number of nitrogens with zero attached hydrogens (tertiary/aromatic N) is 1. The first kappa shape index (κ1) is 19.9. The molecule has 2 aromatic rings. The molecule has 0 aliphatic carbocycles. The van der Waals surface area contributed by atoms with Gasteiger partial charge in [0.1, 0.15) is 22.2 Å². The molecule has 0 aliphatic heterocycles. The maximum Gasteiger partial charge on any atom is 0.325 e. The number of benzene rings is 1. The van der Waals surface area contributed by atoms with E-state index < -0.39 is 5.97 Å². The van der Waals surface area contributed by atoms with Crippen molar-refractivity contribution in [1.29, 1.82) is 0 Å². The van der Waals surface area contributed by atoms with Gasteiger partial charge in [0.25, 0.3) is 5.91 Å². The quantitative estimate of drug-likeness (QED) is 0.534. The lowest BCUT2D eigenvalue weighted by Gasteiger charge is -2.05. The second kappa shape index (κ2) is 9.91. The molecule has 7 heteroatoms. The van der Waals surface area contributed by atoms with Crippen molar-refractivity contribution in [1.82, 2.24) is 10.3 Å². The van der Waals surface area contributed by atoms with Crippen molar-refractivity contribution in [2.75, 3.05) is 19.8 Å². The van der Waals surface area contributed by atoms with Crippen molar-refractivity contribution in [2.24, 2.45) is 0 Å². The smallest absolute Gasteiger partial charge is 0.325 e. The molecule has 0 spiro atoms. The number of esters is 1. The SMILES string of the molecule is CCCCOC(=O)CNC(=O)c1sc(-c2ccc(OCC)cc2)nc1C. The predicted octanol–water partition coefficient (Wildman–Crippen LogP) is 3.59. The summed E-state index contributed by atoms with van der Waals surface area (Å²) in [6.07, 6.45) is 1.77. The Morgan fingerprint density at radius 2 is 1.92 bits per heavy atom. The lowest BCUT2D eigenvalue weighted by atomic mass is 10.2. The normalized spacial score (nSPS) is 10.4. The molecule has 0 atom stereocenters. The number of amides is 1. The van der Waals surface area contributed by atoms with Crippen LogP contribution in [-0.4, -0.2) is 36.6 Å². The molecule has 1 aromatic heterocycles. The third-order valence-electron chi connectivity index (χ3n) is 3.57. The van der Waals surface area contributed by atoms with E-state index in [4.69, 9.17) is 9.47 Å². The van der Waals surface area contributed by atoms with Crippen LogP contribution in [0.25, 0.3) is 10.6 Å². The Labute approximate surface area is 157 Å². The molecule has 1 heterocycles. The van der Waals surface area contributed by atoms with Crippen molar-refractivity contribution in [2.45, 2.75) is 33.6 Å². The first-order chi connectivity index (χ1) is 12.5. The monoisotopic (exact) mass is 376 g/mol. The van der Waals surface area contributed by atoms with Crippen LogP contribution in [0.15, 0.2) is 24.3 Å². The highest BCUT2D eigenvalue weighted by Gasteiger charge is 2.17. The minimum atomic E-state index is -0.430. The number of hydrogen-bond donors (Lipinski definition) is 1. The van der Waals surface area contributed by atoms with Crippen LogP contribution in [0.4, 0.5) is 0 Å². The third-order valence-corrected chi connectivity index (χ3v) is 4.77. The zero-order valence-electron chi connectivity index (χ0n) is 15.3. The van der Waals surface area contributed by atoms with Gasteiger partial charge in [0.2, 0.25) is 0 Å². The van der Waals surface area contributed by atoms with Crippen LogP contribution in [-0.2, 0) is 9.53 Å². The summed E-state index contributed by atoms with van der Waals surface area (Å²) in [5, 5.41) is 3.35. The van der Waals surface area contributed by atoms with Crippen LogP contribution in [0.2, 0.25) is 0 Å². The van der Waals surface area contributed by atoms with Gasteiger partial charge in [-0.2, -0.15) is 0 Å². The minimum Gasteiger partial charge on any atom is -0.494 e. The van der Waals surface area contributed by atoms with Gasteiger partial charge in [-0.25, -0.2) is 4.98 Å². The van der Waals surface area contributed by atoms with E-state index in [1.165, 1.54) is 11.3 Å². The van der Waals surface area contributed by atoms with E-state index in [0.717, 1.165) is 29.2 Å². The second-order valence-electron chi connectivity index (χ2n) is 5.65. The minimum absolute atomic E-state index is 0.141. The van der Waals surface area contributed by atoms with Gasteiger partial charge in [-0.15, -0.1) is 11.3 Å². The van der Waals surface area contributed by atoms with Gasteiger partial charge in [0.15, 0.2) is 0 Å². The Balaban J connectivity index is 1.98. The van der Waals surface area contributed by atoms with Crippen LogP contribution < -0.4 is 10.1 Å². The number of aromatic nitrogens is 1. The van der Waals surface area contributed by atoms with Crippen molar-refractivity contribution in [3.05, 3.63) is 34.8 Å². The number of carbonyl (C=O) groups excluding carboxylic acids is 2. The van der Waals surface area contributed by atoms with Crippen molar-refractivity contribution >= 4 is 23.2 Å². The van der Waals surface area contributed by atoms with E-state index in [1.54, 1.807) is 6.92 Å². The van der Waals surface area contributed by atoms with E-state index in [-0.39, 0.29) is 12.5 Å². The van der Waals surface area contributed by atoms with Crippen LogP contribution in [0.3, 0.4) is 0 Å². The molecule has 1 aromatic carbocycles. The Morgan fingerprint density at radius 1 is 1.19 bits per heavy atom. The van der Waals surface area contributed by atoms with Crippen molar-refractivity contribution in [3.63, 3.8) is 0 Å². The lowest BCUT2D eigenvalue weighted by molar-refractivity contribution is -0.142. The highest BCUT2D eigenvalue weighted by Crippen LogP contribution is 2.29. The van der Waals surface area contributed by atoms with Crippen LogP contribution >= 0.6 is 11.3 Å². The average Bonchev–Trinajstić information content (AvgIpc) is 3.03. The predicted molar refractivity (Wildman–Crippen MR) is 102 cm³/mol. The Bertz CT molecular complexity index is 740. The van der Waals surface area contributed by atoms with Gasteiger partial charge in [0, 0.05) is 5.56 Å². The maximum absolute atomic E-state index is 12.3. The summed E-state index contributed by atoms with van der Waals surface area (Å²) >= 11 is 1.30. The summed E-state index contributed by atoms with van der Waals surface area (Å²) in [6, 6.07) is 7.58. The van der Waals surface area contributed by atoms with Gasteiger partial charge >= 0.3 is 5.97 Å².